The Balaban J connectivity index is 1.91. The van der Waals surface area contributed by atoms with Crippen LogP contribution in [0.2, 0.25) is 0 Å². The van der Waals surface area contributed by atoms with Crippen LogP contribution >= 0.6 is 0 Å². The first-order valence-electron chi connectivity index (χ1n) is 7.81. The fourth-order valence-corrected chi connectivity index (χ4v) is 2.81. The average Bonchev–Trinajstić information content (AvgIpc) is 2.52. The van der Waals surface area contributed by atoms with Crippen LogP contribution in [0, 0.1) is 11.8 Å². The summed E-state index contributed by atoms with van der Waals surface area (Å²) in [5.74, 6) is 1.61. The van der Waals surface area contributed by atoms with Crippen molar-refractivity contribution in [2.75, 3.05) is 13.2 Å². The van der Waals surface area contributed by atoms with Crippen molar-refractivity contribution in [2.24, 2.45) is 17.6 Å². The predicted octanol–water partition coefficient (Wildman–Crippen LogP) is 3.27. The molecule has 1 aliphatic carbocycles. The van der Waals surface area contributed by atoms with Gasteiger partial charge in [-0.25, -0.2) is 0 Å². The van der Waals surface area contributed by atoms with Gasteiger partial charge in [-0.1, -0.05) is 38.3 Å². The fraction of sp³-hybridized carbons (Fsp3) is 0.647. The van der Waals surface area contributed by atoms with Gasteiger partial charge in [-0.05, 0) is 48.9 Å². The second kappa shape index (κ2) is 7.65. The molecule has 0 saturated heterocycles. The topological polar surface area (TPSA) is 55.5 Å². The van der Waals surface area contributed by atoms with Crippen LogP contribution in [0.15, 0.2) is 24.3 Å². The zero-order valence-electron chi connectivity index (χ0n) is 12.4. The Morgan fingerprint density at radius 2 is 2.05 bits per heavy atom. The third-order valence-electron chi connectivity index (χ3n) is 4.32. The number of aliphatic hydroxyl groups excluding tert-OH is 1. The molecule has 1 aliphatic rings. The number of aliphatic hydroxyl groups is 1. The highest BCUT2D eigenvalue weighted by molar-refractivity contribution is 5.30. The van der Waals surface area contributed by atoms with Crippen molar-refractivity contribution in [3.8, 4) is 5.75 Å². The Hall–Kier alpha value is -1.06. The summed E-state index contributed by atoms with van der Waals surface area (Å²) in [5.41, 5.74) is 6.51. The first-order valence-corrected chi connectivity index (χ1v) is 7.81. The van der Waals surface area contributed by atoms with Crippen LogP contribution in [-0.2, 0) is 0 Å². The van der Waals surface area contributed by atoms with Crippen molar-refractivity contribution in [2.45, 2.75) is 45.1 Å². The molecule has 112 valence electrons. The van der Waals surface area contributed by atoms with E-state index in [1.165, 1.54) is 32.1 Å². The normalized spacial score (nSPS) is 19.6. The summed E-state index contributed by atoms with van der Waals surface area (Å²) >= 11 is 0. The Kier molecular flexibility index (Phi) is 5.86. The van der Waals surface area contributed by atoms with E-state index in [9.17, 15) is 5.11 Å². The molecular formula is C17H27NO2. The van der Waals surface area contributed by atoms with Crippen LogP contribution in [0.1, 0.15) is 50.7 Å². The zero-order valence-corrected chi connectivity index (χ0v) is 12.4. The minimum Gasteiger partial charge on any atom is -0.493 e. The maximum atomic E-state index is 10.2. The molecule has 20 heavy (non-hydrogen) atoms. The van der Waals surface area contributed by atoms with Gasteiger partial charge in [0, 0.05) is 0 Å². The summed E-state index contributed by atoms with van der Waals surface area (Å²) in [4.78, 5) is 0. The molecule has 2 rings (SSSR count). The number of nitrogens with two attached hydrogens (primary N) is 1. The molecule has 0 heterocycles. The monoisotopic (exact) mass is 277 g/mol. The molecule has 3 nitrogen and oxygen atoms in total. The molecule has 1 aromatic rings. The highest BCUT2D eigenvalue weighted by Gasteiger charge is 2.16. The minimum absolute atomic E-state index is 0.0589. The zero-order chi connectivity index (χ0) is 14.4. The van der Waals surface area contributed by atoms with Gasteiger partial charge in [-0.15, -0.1) is 0 Å². The second-order valence-electron chi connectivity index (χ2n) is 6.05. The molecule has 0 spiro atoms. The van der Waals surface area contributed by atoms with Crippen molar-refractivity contribution in [1.82, 2.24) is 0 Å². The maximum absolute atomic E-state index is 10.2. The predicted molar refractivity (Wildman–Crippen MR) is 81.7 cm³/mol. The highest BCUT2D eigenvalue weighted by atomic mass is 16.5. The third kappa shape index (κ3) is 4.22. The van der Waals surface area contributed by atoms with E-state index in [0.29, 0.717) is 12.5 Å². The van der Waals surface area contributed by atoms with Gasteiger partial charge in [0.05, 0.1) is 12.7 Å². The summed E-state index contributed by atoms with van der Waals surface area (Å²) < 4.78 is 5.91. The molecular weight excluding hydrogens is 250 g/mol. The van der Waals surface area contributed by atoms with E-state index in [1.54, 1.807) is 0 Å². The van der Waals surface area contributed by atoms with Crippen molar-refractivity contribution < 1.29 is 9.84 Å². The maximum Gasteiger partial charge on any atom is 0.119 e. The molecule has 3 N–H and O–H groups in total. The lowest BCUT2D eigenvalue weighted by Gasteiger charge is -2.22. The quantitative estimate of drug-likeness (QED) is 0.839. The van der Waals surface area contributed by atoms with E-state index in [1.807, 2.05) is 31.2 Å². The lowest BCUT2D eigenvalue weighted by atomic mass is 9.90. The van der Waals surface area contributed by atoms with E-state index in [2.05, 4.69) is 0 Å². The molecule has 0 amide bonds. The van der Waals surface area contributed by atoms with Gasteiger partial charge in [0.25, 0.3) is 0 Å². The van der Waals surface area contributed by atoms with E-state index >= 15 is 0 Å². The SMILES string of the molecule is CC(CN)C(O)c1cccc(OCC2CCCCC2)c1. The van der Waals surface area contributed by atoms with Crippen molar-refractivity contribution >= 4 is 0 Å². The van der Waals surface area contributed by atoms with Crippen LogP contribution in [0.25, 0.3) is 0 Å². The summed E-state index contributed by atoms with van der Waals surface area (Å²) in [5, 5.41) is 10.2. The number of hydrogen-bond acceptors (Lipinski definition) is 3. The number of benzene rings is 1. The second-order valence-corrected chi connectivity index (χ2v) is 6.05. The number of ether oxygens (including phenoxy) is 1. The average molecular weight is 277 g/mol. The van der Waals surface area contributed by atoms with Gasteiger partial charge in [0.1, 0.15) is 5.75 Å². The summed E-state index contributed by atoms with van der Waals surface area (Å²) in [6.45, 7) is 3.24. The molecule has 2 unspecified atom stereocenters. The van der Waals surface area contributed by atoms with E-state index in [4.69, 9.17) is 10.5 Å². The molecule has 0 aromatic heterocycles. The van der Waals surface area contributed by atoms with Crippen LogP contribution in [-0.4, -0.2) is 18.3 Å². The highest BCUT2D eigenvalue weighted by Crippen LogP contribution is 2.27. The lowest BCUT2D eigenvalue weighted by Crippen LogP contribution is -2.19. The van der Waals surface area contributed by atoms with Gasteiger partial charge >= 0.3 is 0 Å². The van der Waals surface area contributed by atoms with Crippen LogP contribution < -0.4 is 10.5 Å². The molecule has 0 bridgehead atoms. The van der Waals surface area contributed by atoms with Crippen LogP contribution in [0.4, 0.5) is 0 Å². The van der Waals surface area contributed by atoms with Crippen LogP contribution in [0.5, 0.6) is 5.75 Å². The van der Waals surface area contributed by atoms with Crippen LogP contribution in [0.3, 0.4) is 0 Å². The molecule has 1 saturated carbocycles. The van der Waals surface area contributed by atoms with E-state index in [-0.39, 0.29) is 5.92 Å². The van der Waals surface area contributed by atoms with Crippen molar-refractivity contribution in [3.05, 3.63) is 29.8 Å². The van der Waals surface area contributed by atoms with Gasteiger partial charge in [0.2, 0.25) is 0 Å². The lowest BCUT2D eigenvalue weighted by molar-refractivity contribution is 0.121. The number of hydrogen-bond donors (Lipinski definition) is 2. The Bertz CT molecular complexity index is 402. The van der Waals surface area contributed by atoms with Crippen molar-refractivity contribution in [3.63, 3.8) is 0 Å². The first-order chi connectivity index (χ1) is 9.70. The van der Waals surface area contributed by atoms with Gasteiger partial charge in [-0.2, -0.15) is 0 Å². The van der Waals surface area contributed by atoms with Crippen molar-refractivity contribution in [1.29, 1.82) is 0 Å². The van der Waals surface area contributed by atoms with E-state index < -0.39 is 6.10 Å². The van der Waals surface area contributed by atoms with Gasteiger partial charge in [0.15, 0.2) is 0 Å². The summed E-state index contributed by atoms with van der Waals surface area (Å²) in [6.07, 6.45) is 6.09. The van der Waals surface area contributed by atoms with E-state index in [0.717, 1.165) is 17.9 Å². The molecule has 1 aromatic carbocycles. The standard InChI is InChI=1S/C17H27NO2/c1-13(11-18)17(19)15-8-5-9-16(10-15)20-12-14-6-3-2-4-7-14/h5,8-10,13-14,17,19H,2-4,6-7,11-12,18H2,1H3. The molecule has 1 fully saturated rings. The largest absolute Gasteiger partial charge is 0.493 e. The Labute approximate surface area is 122 Å². The molecule has 2 atom stereocenters. The molecule has 0 radical (unpaired) electrons. The Morgan fingerprint density at radius 3 is 2.75 bits per heavy atom. The molecule has 3 heteroatoms. The summed E-state index contributed by atoms with van der Waals surface area (Å²) in [6, 6.07) is 7.79. The molecule has 0 aliphatic heterocycles. The minimum atomic E-state index is -0.516. The smallest absolute Gasteiger partial charge is 0.119 e. The summed E-state index contributed by atoms with van der Waals surface area (Å²) in [7, 11) is 0. The first kappa shape index (κ1) is 15.3. The fourth-order valence-electron chi connectivity index (χ4n) is 2.81. The third-order valence-corrected chi connectivity index (χ3v) is 4.32. The van der Waals surface area contributed by atoms with Gasteiger partial charge in [-0.3, -0.25) is 0 Å². The van der Waals surface area contributed by atoms with Gasteiger partial charge < -0.3 is 15.6 Å². The Morgan fingerprint density at radius 1 is 1.30 bits per heavy atom. The number of rotatable bonds is 6.